The minimum atomic E-state index is -1.67. The number of rotatable bonds is 13. The molecule has 7 heteroatoms. The van der Waals surface area contributed by atoms with Gasteiger partial charge in [0, 0.05) is 18.9 Å². The van der Waals surface area contributed by atoms with Crippen LogP contribution in [0.15, 0.2) is 54.6 Å². The maximum absolute atomic E-state index is 13.2. The topological polar surface area (TPSA) is 89.8 Å². The Balaban J connectivity index is 2.45. The number of nitrogens with zero attached hydrogens (tertiary/aromatic N) is 1. The summed E-state index contributed by atoms with van der Waals surface area (Å²) in [6.45, 7) is 6.00. The first kappa shape index (κ1) is 25.2. The lowest BCUT2D eigenvalue weighted by Crippen LogP contribution is -2.52. The maximum atomic E-state index is 13.2. The molecule has 0 saturated carbocycles. The van der Waals surface area contributed by atoms with E-state index in [9.17, 15) is 10.1 Å². The number of methoxy groups -OCH3 is 1. The summed E-state index contributed by atoms with van der Waals surface area (Å²) in [5.74, 6) is -2.13. The molecule has 1 N–H and O–H groups in total. The van der Waals surface area contributed by atoms with Crippen LogP contribution in [0, 0.1) is 11.3 Å². The highest BCUT2D eigenvalue weighted by Crippen LogP contribution is 2.38. The van der Waals surface area contributed by atoms with E-state index in [1.165, 1.54) is 0 Å². The second-order valence-electron chi connectivity index (χ2n) is 7.01. The van der Waals surface area contributed by atoms with E-state index in [0.717, 1.165) is 17.0 Å². The normalized spacial score (nSPS) is 13.0. The van der Waals surface area contributed by atoms with Gasteiger partial charge in [-0.05, 0) is 57.0 Å². The lowest BCUT2D eigenvalue weighted by Gasteiger charge is -2.38. The number of ether oxygens (including phenoxy) is 4. The van der Waals surface area contributed by atoms with E-state index >= 15 is 0 Å². The number of carbonyl (C=O) groups excluding carboxylic acids is 1. The zero-order valence-corrected chi connectivity index (χ0v) is 19.2. The number of carbonyl (C=O) groups is 1. The van der Waals surface area contributed by atoms with Gasteiger partial charge in [-0.1, -0.05) is 30.3 Å². The van der Waals surface area contributed by atoms with Gasteiger partial charge in [0.25, 0.3) is 5.79 Å². The van der Waals surface area contributed by atoms with Gasteiger partial charge in [0.2, 0.25) is 0 Å². The fourth-order valence-corrected chi connectivity index (χ4v) is 3.63. The Hall–Kier alpha value is -3.08. The van der Waals surface area contributed by atoms with Gasteiger partial charge in [0.15, 0.2) is 0 Å². The Morgan fingerprint density at radius 1 is 1.00 bits per heavy atom. The average molecular weight is 441 g/mol. The van der Waals surface area contributed by atoms with Crippen LogP contribution in [0.1, 0.15) is 38.7 Å². The molecule has 2 atom stereocenters. The van der Waals surface area contributed by atoms with Crippen molar-refractivity contribution in [3.05, 3.63) is 60.2 Å². The molecule has 0 aliphatic carbocycles. The predicted molar refractivity (Wildman–Crippen MR) is 122 cm³/mol. The van der Waals surface area contributed by atoms with E-state index in [1.807, 2.05) is 54.6 Å². The van der Waals surface area contributed by atoms with Crippen LogP contribution in [0.4, 0.5) is 5.69 Å². The van der Waals surface area contributed by atoms with Gasteiger partial charge in [-0.25, -0.2) is 4.79 Å². The van der Waals surface area contributed by atoms with Gasteiger partial charge in [-0.3, -0.25) is 0 Å². The van der Waals surface area contributed by atoms with Crippen LogP contribution in [0.2, 0.25) is 0 Å². The van der Waals surface area contributed by atoms with Crippen molar-refractivity contribution in [1.29, 1.82) is 5.26 Å². The van der Waals surface area contributed by atoms with Crippen molar-refractivity contribution in [2.75, 3.05) is 32.2 Å². The fraction of sp³-hybridized carbons (Fsp3) is 0.440. The van der Waals surface area contributed by atoms with E-state index in [1.54, 1.807) is 27.9 Å². The minimum absolute atomic E-state index is 0.189. The monoisotopic (exact) mass is 440 g/mol. The second-order valence-corrected chi connectivity index (χ2v) is 7.01. The first-order valence-electron chi connectivity index (χ1n) is 10.8. The molecule has 32 heavy (non-hydrogen) atoms. The quantitative estimate of drug-likeness (QED) is 0.362. The standard InChI is InChI=1S/C25H32N2O5/c1-5-30-24(28)25(31-6-2,32-7-3)23(19-11-9-8-10-12-19)17-21(18-26)27-20-13-15-22(29-4)16-14-20/h8-16,21,23,27H,5-7,17H2,1-4H3/t21-,23+/m1/s1. The first-order valence-corrected chi connectivity index (χ1v) is 10.8. The molecule has 172 valence electrons. The fourth-order valence-electron chi connectivity index (χ4n) is 3.63. The van der Waals surface area contributed by atoms with Crippen LogP contribution in [0.5, 0.6) is 5.75 Å². The van der Waals surface area contributed by atoms with E-state index in [4.69, 9.17) is 18.9 Å². The van der Waals surface area contributed by atoms with Gasteiger partial charge >= 0.3 is 5.97 Å². The molecule has 0 aliphatic heterocycles. The zero-order chi connectivity index (χ0) is 23.4. The number of nitrogens with one attached hydrogen (secondary N) is 1. The van der Waals surface area contributed by atoms with E-state index < -0.39 is 23.7 Å². The molecule has 7 nitrogen and oxygen atoms in total. The molecule has 0 heterocycles. The Bertz CT molecular complexity index is 858. The summed E-state index contributed by atoms with van der Waals surface area (Å²) in [6.07, 6.45) is 0.255. The highest BCUT2D eigenvalue weighted by atomic mass is 16.7. The van der Waals surface area contributed by atoms with Crippen molar-refractivity contribution < 1.29 is 23.7 Å². The van der Waals surface area contributed by atoms with Gasteiger partial charge in [-0.2, -0.15) is 5.26 Å². The number of anilines is 1. The molecule has 0 aliphatic rings. The summed E-state index contributed by atoms with van der Waals surface area (Å²) < 4.78 is 22.5. The third-order valence-electron chi connectivity index (χ3n) is 5.00. The van der Waals surface area contributed by atoms with Crippen molar-refractivity contribution in [3.63, 3.8) is 0 Å². The minimum Gasteiger partial charge on any atom is -0.497 e. The van der Waals surface area contributed by atoms with Gasteiger partial charge in [0.1, 0.15) is 11.8 Å². The van der Waals surface area contributed by atoms with Crippen LogP contribution in [0.3, 0.4) is 0 Å². The Labute approximate surface area is 190 Å². The van der Waals surface area contributed by atoms with Crippen molar-refractivity contribution in [1.82, 2.24) is 0 Å². The van der Waals surface area contributed by atoms with Crippen LogP contribution in [0.25, 0.3) is 0 Å². The summed E-state index contributed by atoms with van der Waals surface area (Å²) in [5, 5.41) is 13.1. The van der Waals surface area contributed by atoms with Crippen molar-refractivity contribution in [2.24, 2.45) is 0 Å². The molecule has 0 fully saturated rings. The smallest absolute Gasteiger partial charge is 0.367 e. The second kappa shape index (κ2) is 12.7. The molecule has 2 aromatic carbocycles. The first-order chi connectivity index (χ1) is 15.5. The van der Waals surface area contributed by atoms with Crippen molar-refractivity contribution >= 4 is 11.7 Å². The Morgan fingerprint density at radius 2 is 1.62 bits per heavy atom. The van der Waals surface area contributed by atoms with Crippen molar-refractivity contribution in [2.45, 2.75) is 44.9 Å². The van der Waals surface area contributed by atoms with Crippen LogP contribution < -0.4 is 10.1 Å². The number of nitriles is 1. The molecule has 0 saturated heterocycles. The van der Waals surface area contributed by atoms with Gasteiger partial charge in [0.05, 0.1) is 25.7 Å². The average Bonchev–Trinajstić information content (AvgIpc) is 2.82. The van der Waals surface area contributed by atoms with Crippen molar-refractivity contribution in [3.8, 4) is 11.8 Å². The summed E-state index contributed by atoms with van der Waals surface area (Å²) in [6, 6.07) is 18.4. The summed E-state index contributed by atoms with van der Waals surface area (Å²) >= 11 is 0. The Kier molecular flexibility index (Phi) is 9.99. The summed E-state index contributed by atoms with van der Waals surface area (Å²) in [5.41, 5.74) is 1.58. The van der Waals surface area contributed by atoms with Gasteiger partial charge in [-0.15, -0.1) is 0 Å². The molecular weight excluding hydrogens is 408 g/mol. The van der Waals surface area contributed by atoms with Crippen LogP contribution >= 0.6 is 0 Å². The SMILES string of the molecule is CCOC(=O)C(OCC)(OCC)[C@@H](C[C@H](C#N)Nc1ccc(OC)cc1)c1ccccc1. The summed E-state index contributed by atoms with van der Waals surface area (Å²) in [4.78, 5) is 13.2. The molecule has 2 aromatic rings. The van der Waals surface area contributed by atoms with E-state index in [0.29, 0.717) is 0 Å². The molecule has 0 bridgehead atoms. The van der Waals surface area contributed by atoms with Gasteiger partial charge < -0.3 is 24.3 Å². The predicted octanol–water partition coefficient (Wildman–Crippen LogP) is 4.51. The third-order valence-corrected chi connectivity index (χ3v) is 5.00. The maximum Gasteiger partial charge on any atom is 0.367 e. The van der Waals surface area contributed by atoms with E-state index in [2.05, 4.69) is 11.4 Å². The number of hydrogen-bond acceptors (Lipinski definition) is 7. The molecule has 0 unspecified atom stereocenters. The number of hydrogen-bond donors (Lipinski definition) is 1. The molecule has 0 amide bonds. The zero-order valence-electron chi connectivity index (χ0n) is 19.2. The molecule has 2 rings (SSSR count). The lowest BCUT2D eigenvalue weighted by atomic mass is 9.84. The molecule has 0 spiro atoms. The largest absolute Gasteiger partial charge is 0.497 e. The summed E-state index contributed by atoms with van der Waals surface area (Å²) in [7, 11) is 1.60. The Morgan fingerprint density at radius 3 is 2.12 bits per heavy atom. The number of benzene rings is 2. The lowest BCUT2D eigenvalue weighted by molar-refractivity contribution is -0.256. The highest BCUT2D eigenvalue weighted by Gasteiger charge is 2.51. The molecular formula is C25H32N2O5. The molecule has 0 radical (unpaired) electrons. The van der Waals surface area contributed by atoms with Crippen LogP contribution in [-0.4, -0.2) is 44.7 Å². The number of esters is 1. The van der Waals surface area contributed by atoms with Crippen LogP contribution in [-0.2, 0) is 19.0 Å². The van der Waals surface area contributed by atoms with E-state index in [-0.39, 0.29) is 26.2 Å². The third kappa shape index (κ3) is 6.22. The highest BCUT2D eigenvalue weighted by molar-refractivity contribution is 5.79. The molecule has 0 aromatic heterocycles.